The maximum atomic E-state index is 12.4. The molecule has 0 aromatic carbocycles. The maximum Gasteiger partial charge on any atom is 0.279 e. The third-order valence-electron chi connectivity index (χ3n) is 2.48. The molecular formula is C12H14F2N4O3. The monoisotopic (exact) mass is 300 g/mol. The standard InChI is InChI=1S/C12H14F2N4O3/c1-3-4-15-12(21)9(6(2)19)16-11(20)8-5-7(10(13)14)17-18-8/h1,5-6,9-10,19H,4H2,2H3,(H,15,21)(H,16,20)(H,17,18)/t6-,9+/m1/s1. The maximum absolute atomic E-state index is 12.4. The number of aliphatic hydroxyl groups is 1. The minimum Gasteiger partial charge on any atom is -0.391 e. The van der Waals surface area contributed by atoms with E-state index in [1.165, 1.54) is 6.92 Å². The molecule has 0 aliphatic rings. The number of aromatic amines is 1. The normalized spacial score (nSPS) is 13.3. The van der Waals surface area contributed by atoms with E-state index in [4.69, 9.17) is 6.42 Å². The van der Waals surface area contributed by atoms with E-state index in [-0.39, 0.29) is 12.2 Å². The summed E-state index contributed by atoms with van der Waals surface area (Å²) in [5, 5.41) is 19.4. The number of carbonyl (C=O) groups is 2. The molecule has 2 amide bonds. The Morgan fingerprint density at radius 1 is 1.57 bits per heavy atom. The van der Waals surface area contributed by atoms with Crippen molar-refractivity contribution in [1.29, 1.82) is 0 Å². The molecule has 0 fully saturated rings. The molecule has 114 valence electrons. The summed E-state index contributed by atoms with van der Waals surface area (Å²) >= 11 is 0. The smallest absolute Gasteiger partial charge is 0.279 e. The van der Waals surface area contributed by atoms with Gasteiger partial charge in [-0.2, -0.15) is 5.10 Å². The summed E-state index contributed by atoms with van der Waals surface area (Å²) in [6.45, 7) is 1.21. The number of amides is 2. The molecule has 0 saturated heterocycles. The van der Waals surface area contributed by atoms with Gasteiger partial charge in [0.15, 0.2) is 0 Å². The fraction of sp³-hybridized carbons (Fsp3) is 0.417. The highest BCUT2D eigenvalue weighted by molar-refractivity contribution is 5.96. The number of hydrogen-bond acceptors (Lipinski definition) is 4. The van der Waals surface area contributed by atoms with Crippen molar-refractivity contribution in [3.8, 4) is 12.3 Å². The van der Waals surface area contributed by atoms with Crippen molar-refractivity contribution in [2.75, 3.05) is 6.54 Å². The van der Waals surface area contributed by atoms with Gasteiger partial charge < -0.3 is 15.7 Å². The molecule has 0 bridgehead atoms. The molecule has 21 heavy (non-hydrogen) atoms. The molecule has 0 aliphatic heterocycles. The van der Waals surface area contributed by atoms with Crippen LogP contribution in [0.25, 0.3) is 0 Å². The summed E-state index contributed by atoms with van der Waals surface area (Å²) in [5.74, 6) is 0.598. The fourth-order valence-corrected chi connectivity index (χ4v) is 1.43. The highest BCUT2D eigenvalue weighted by Crippen LogP contribution is 2.16. The number of hydrogen-bond donors (Lipinski definition) is 4. The predicted octanol–water partition coefficient (Wildman–Crippen LogP) is -0.424. The number of aliphatic hydroxyl groups excluding tert-OH is 1. The quantitative estimate of drug-likeness (QED) is 0.535. The molecule has 0 aliphatic carbocycles. The lowest BCUT2D eigenvalue weighted by Gasteiger charge is -2.19. The van der Waals surface area contributed by atoms with Gasteiger partial charge in [-0.15, -0.1) is 6.42 Å². The number of rotatable bonds is 6. The number of nitrogens with zero attached hydrogens (tertiary/aromatic N) is 1. The van der Waals surface area contributed by atoms with Crippen molar-refractivity contribution in [2.24, 2.45) is 0 Å². The van der Waals surface area contributed by atoms with Crippen LogP contribution in [-0.4, -0.2) is 45.8 Å². The first kappa shape index (κ1) is 16.6. The summed E-state index contributed by atoms with van der Waals surface area (Å²) in [6, 6.07) is -0.420. The number of aromatic nitrogens is 2. The van der Waals surface area contributed by atoms with E-state index in [1.807, 2.05) is 5.10 Å². The molecule has 0 spiro atoms. The summed E-state index contributed by atoms with van der Waals surface area (Å²) in [5.41, 5.74) is -0.841. The zero-order valence-corrected chi connectivity index (χ0v) is 11.1. The van der Waals surface area contributed by atoms with Crippen molar-refractivity contribution < 1.29 is 23.5 Å². The largest absolute Gasteiger partial charge is 0.391 e. The summed E-state index contributed by atoms with van der Waals surface area (Å²) in [7, 11) is 0. The number of halogens is 2. The van der Waals surface area contributed by atoms with Gasteiger partial charge in [0.25, 0.3) is 12.3 Å². The molecule has 4 N–H and O–H groups in total. The molecule has 9 heteroatoms. The van der Waals surface area contributed by atoms with Crippen molar-refractivity contribution in [2.45, 2.75) is 25.5 Å². The van der Waals surface area contributed by atoms with Crippen LogP contribution in [-0.2, 0) is 4.79 Å². The zero-order chi connectivity index (χ0) is 16.0. The van der Waals surface area contributed by atoms with Crippen LogP contribution in [0, 0.1) is 12.3 Å². The van der Waals surface area contributed by atoms with Crippen LogP contribution in [0.4, 0.5) is 8.78 Å². The average Bonchev–Trinajstić information content (AvgIpc) is 2.91. The van der Waals surface area contributed by atoms with E-state index < -0.39 is 36.1 Å². The Morgan fingerprint density at radius 3 is 2.71 bits per heavy atom. The van der Waals surface area contributed by atoms with Gasteiger partial charge in [-0.3, -0.25) is 14.7 Å². The molecule has 0 radical (unpaired) electrons. The summed E-state index contributed by atoms with van der Waals surface area (Å²) in [6.07, 6.45) is 0.968. The van der Waals surface area contributed by atoms with Gasteiger partial charge in [0.2, 0.25) is 5.91 Å². The van der Waals surface area contributed by atoms with Gasteiger partial charge >= 0.3 is 0 Å². The Labute approximate surface area is 119 Å². The second-order valence-electron chi connectivity index (χ2n) is 4.12. The first-order valence-corrected chi connectivity index (χ1v) is 5.90. The first-order valence-electron chi connectivity index (χ1n) is 5.90. The molecule has 1 heterocycles. The van der Waals surface area contributed by atoms with Crippen LogP contribution in [0.5, 0.6) is 0 Å². The van der Waals surface area contributed by atoms with Gasteiger partial charge in [0, 0.05) is 0 Å². The van der Waals surface area contributed by atoms with Crippen molar-refractivity contribution >= 4 is 11.8 Å². The Morgan fingerprint density at radius 2 is 2.24 bits per heavy atom. The van der Waals surface area contributed by atoms with Gasteiger partial charge in [0.05, 0.1) is 12.6 Å². The highest BCUT2D eigenvalue weighted by Gasteiger charge is 2.27. The van der Waals surface area contributed by atoms with Gasteiger partial charge in [-0.1, -0.05) is 5.92 Å². The van der Waals surface area contributed by atoms with E-state index in [9.17, 15) is 23.5 Å². The number of carbonyl (C=O) groups excluding carboxylic acids is 2. The third kappa shape index (κ3) is 4.54. The Balaban J connectivity index is 2.76. The number of alkyl halides is 2. The Kier molecular flexibility index (Phi) is 5.80. The second-order valence-corrected chi connectivity index (χ2v) is 4.12. The van der Waals surface area contributed by atoms with Crippen LogP contribution in [0.1, 0.15) is 29.5 Å². The average molecular weight is 300 g/mol. The van der Waals surface area contributed by atoms with Gasteiger partial charge in [0.1, 0.15) is 17.4 Å². The van der Waals surface area contributed by atoms with E-state index in [0.717, 1.165) is 6.07 Å². The molecular weight excluding hydrogens is 286 g/mol. The summed E-state index contributed by atoms with van der Waals surface area (Å²) in [4.78, 5) is 23.5. The minimum absolute atomic E-state index is 0.0736. The third-order valence-corrected chi connectivity index (χ3v) is 2.48. The number of H-pyrrole nitrogens is 1. The molecule has 2 atom stereocenters. The predicted molar refractivity (Wildman–Crippen MR) is 68.3 cm³/mol. The van der Waals surface area contributed by atoms with Crippen molar-refractivity contribution in [1.82, 2.24) is 20.8 Å². The van der Waals surface area contributed by atoms with Crippen molar-refractivity contribution in [3.05, 3.63) is 17.5 Å². The van der Waals surface area contributed by atoms with Crippen LogP contribution in [0.15, 0.2) is 6.07 Å². The van der Waals surface area contributed by atoms with E-state index >= 15 is 0 Å². The second kappa shape index (κ2) is 7.35. The molecule has 1 aromatic rings. The SMILES string of the molecule is C#CCNC(=O)[C@@H](NC(=O)c1cc(C(F)F)[nH]n1)[C@@H](C)O. The minimum atomic E-state index is -2.80. The fourth-order valence-electron chi connectivity index (χ4n) is 1.43. The Bertz CT molecular complexity index is 551. The number of terminal acetylenes is 1. The molecule has 1 aromatic heterocycles. The molecule has 7 nitrogen and oxygen atoms in total. The van der Waals surface area contributed by atoms with Crippen LogP contribution in [0.3, 0.4) is 0 Å². The van der Waals surface area contributed by atoms with Crippen LogP contribution < -0.4 is 10.6 Å². The molecule has 0 saturated carbocycles. The van der Waals surface area contributed by atoms with E-state index in [2.05, 4.69) is 21.7 Å². The van der Waals surface area contributed by atoms with E-state index in [1.54, 1.807) is 0 Å². The van der Waals surface area contributed by atoms with Crippen LogP contribution in [0.2, 0.25) is 0 Å². The topological polar surface area (TPSA) is 107 Å². The van der Waals surface area contributed by atoms with E-state index in [0.29, 0.717) is 0 Å². The van der Waals surface area contributed by atoms with Gasteiger partial charge in [-0.05, 0) is 13.0 Å². The lowest BCUT2D eigenvalue weighted by molar-refractivity contribution is -0.125. The first-order chi connectivity index (χ1) is 9.86. The van der Waals surface area contributed by atoms with Gasteiger partial charge in [-0.25, -0.2) is 8.78 Å². The lowest BCUT2D eigenvalue weighted by atomic mass is 10.1. The lowest BCUT2D eigenvalue weighted by Crippen LogP contribution is -2.52. The highest BCUT2D eigenvalue weighted by atomic mass is 19.3. The zero-order valence-electron chi connectivity index (χ0n) is 11.1. The van der Waals surface area contributed by atoms with Crippen LogP contribution >= 0.6 is 0 Å². The molecule has 1 rings (SSSR count). The summed E-state index contributed by atoms with van der Waals surface area (Å²) < 4.78 is 24.8. The molecule has 0 unspecified atom stereocenters. The number of nitrogens with one attached hydrogen (secondary N) is 3. The Hall–Kier alpha value is -2.47. The van der Waals surface area contributed by atoms with Crippen molar-refractivity contribution in [3.63, 3.8) is 0 Å².